The van der Waals surface area contributed by atoms with Gasteiger partial charge in [0.2, 0.25) is 5.91 Å². The van der Waals surface area contributed by atoms with E-state index < -0.39 is 45.3 Å². The Bertz CT molecular complexity index is 810. The zero-order chi connectivity index (χ0) is 21.1. The van der Waals surface area contributed by atoms with Gasteiger partial charge in [-0.3, -0.25) is 9.69 Å². The van der Waals surface area contributed by atoms with Crippen molar-refractivity contribution < 1.29 is 26.4 Å². The SMILES string of the molecule is CCN(CC)S(=O)(=O)N1CCN(C(C)C(=O)Nc2ccc(F)c(F)c2F)CC1. The molecule has 1 unspecified atom stereocenters. The van der Waals surface area contributed by atoms with E-state index in [0.717, 1.165) is 12.1 Å². The quantitative estimate of drug-likeness (QED) is 0.678. The number of nitrogens with one attached hydrogen (secondary N) is 1. The van der Waals surface area contributed by atoms with Crippen LogP contribution in [0.15, 0.2) is 12.1 Å². The van der Waals surface area contributed by atoms with Gasteiger partial charge in [-0.05, 0) is 19.1 Å². The topological polar surface area (TPSA) is 73.0 Å². The minimum atomic E-state index is -3.54. The lowest BCUT2D eigenvalue weighted by Gasteiger charge is -2.38. The van der Waals surface area contributed by atoms with E-state index in [2.05, 4.69) is 5.32 Å². The van der Waals surface area contributed by atoms with Crippen LogP contribution < -0.4 is 5.32 Å². The molecule has 2 rings (SSSR count). The Hall–Kier alpha value is -1.69. The van der Waals surface area contributed by atoms with Crippen LogP contribution in [0.4, 0.5) is 18.9 Å². The molecule has 1 heterocycles. The van der Waals surface area contributed by atoms with Crippen molar-refractivity contribution in [1.82, 2.24) is 13.5 Å². The maximum atomic E-state index is 13.7. The van der Waals surface area contributed by atoms with Gasteiger partial charge in [-0.15, -0.1) is 0 Å². The molecular weight excluding hydrogens is 397 g/mol. The predicted molar refractivity (Wildman–Crippen MR) is 99.4 cm³/mol. The standard InChI is InChI=1S/C17H25F3N4O3S/c1-4-23(5-2)28(26,27)24-10-8-22(9-11-24)12(3)17(25)21-14-7-6-13(18)15(19)16(14)20/h6-7,12H,4-5,8-11H2,1-3H3,(H,21,25). The Balaban J connectivity index is 1.99. The summed E-state index contributed by atoms with van der Waals surface area (Å²) in [6, 6.07) is 0.980. The summed E-state index contributed by atoms with van der Waals surface area (Å²) in [6.07, 6.45) is 0. The lowest BCUT2D eigenvalue weighted by Crippen LogP contribution is -2.56. The molecule has 7 nitrogen and oxygen atoms in total. The summed E-state index contributed by atoms with van der Waals surface area (Å²) in [4.78, 5) is 14.1. The van der Waals surface area contributed by atoms with Crippen LogP contribution in [-0.4, -0.2) is 73.1 Å². The molecule has 1 saturated heterocycles. The highest BCUT2D eigenvalue weighted by Crippen LogP contribution is 2.20. The van der Waals surface area contributed by atoms with Gasteiger partial charge in [-0.2, -0.15) is 17.0 Å². The second kappa shape index (κ2) is 9.21. The third-order valence-electron chi connectivity index (χ3n) is 4.85. The summed E-state index contributed by atoms with van der Waals surface area (Å²) in [7, 11) is -3.54. The molecule has 0 radical (unpaired) electrons. The van der Waals surface area contributed by atoms with Crippen LogP contribution in [0, 0.1) is 17.5 Å². The molecular formula is C17H25F3N4O3S. The average Bonchev–Trinajstić information content (AvgIpc) is 2.68. The lowest BCUT2D eigenvalue weighted by atomic mass is 10.2. The number of rotatable bonds is 7. The number of anilines is 1. The molecule has 1 fully saturated rings. The zero-order valence-corrected chi connectivity index (χ0v) is 16.9. The van der Waals surface area contributed by atoms with Crippen molar-refractivity contribution in [2.24, 2.45) is 0 Å². The van der Waals surface area contributed by atoms with Crippen LogP contribution in [0.25, 0.3) is 0 Å². The smallest absolute Gasteiger partial charge is 0.282 e. The van der Waals surface area contributed by atoms with E-state index in [1.165, 1.54) is 8.61 Å². The first kappa shape index (κ1) is 22.6. The third-order valence-corrected chi connectivity index (χ3v) is 7.04. The lowest BCUT2D eigenvalue weighted by molar-refractivity contribution is -0.121. The van der Waals surface area contributed by atoms with E-state index in [0.29, 0.717) is 26.2 Å². The summed E-state index contributed by atoms with van der Waals surface area (Å²) >= 11 is 0. The molecule has 1 aliphatic heterocycles. The van der Waals surface area contributed by atoms with Crippen molar-refractivity contribution in [3.63, 3.8) is 0 Å². The summed E-state index contributed by atoms with van der Waals surface area (Å²) < 4.78 is 67.8. The second-order valence-corrected chi connectivity index (χ2v) is 8.34. The van der Waals surface area contributed by atoms with Crippen molar-refractivity contribution in [2.45, 2.75) is 26.8 Å². The molecule has 1 N–H and O–H groups in total. The largest absolute Gasteiger partial charge is 0.322 e. The number of carbonyl (C=O) groups is 1. The second-order valence-electron chi connectivity index (χ2n) is 6.42. The highest BCUT2D eigenvalue weighted by Gasteiger charge is 2.33. The highest BCUT2D eigenvalue weighted by atomic mass is 32.2. The number of halogens is 3. The van der Waals surface area contributed by atoms with E-state index in [1.54, 1.807) is 25.7 Å². The number of hydrogen-bond donors (Lipinski definition) is 1. The summed E-state index contributed by atoms with van der Waals surface area (Å²) in [5.74, 6) is -5.05. The van der Waals surface area contributed by atoms with Gasteiger partial charge in [0, 0.05) is 39.3 Å². The molecule has 1 aliphatic rings. The molecule has 0 aliphatic carbocycles. The van der Waals surface area contributed by atoms with E-state index in [9.17, 15) is 26.4 Å². The molecule has 0 spiro atoms. The molecule has 0 aromatic heterocycles. The fourth-order valence-corrected chi connectivity index (χ4v) is 4.66. The van der Waals surface area contributed by atoms with Gasteiger partial charge in [0.15, 0.2) is 17.5 Å². The van der Waals surface area contributed by atoms with Crippen LogP contribution in [-0.2, 0) is 15.0 Å². The van der Waals surface area contributed by atoms with Crippen molar-refractivity contribution in [3.8, 4) is 0 Å². The fourth-order valence-electron chi connectivity index (χ4n) is 3.06. The Kier molecular flexibility index (Phi) is 7.43. The molecule has 1 amide bonds. The number of benzene rings is 1. The van der Waals surface area contributed by atoms with Crippen LogP contribution in [0.1, 0.15) is 20.8 Å². The number of nitrogens with zero attached hydrogens (tertiary/aromatic N) is 3. The predicted octanol–water partition coefficient (Wildman–Crippen LogP) is 1.64. The van der Waals surface area contributed by atoms with Gasteiger partial charge < -0.3 is 5.32 Å². The number of piperazine rings is 1. The summed E-state index contributed by atoms with van der Waals surface area (Å²) in [5, 5.41) is 2.25. The zero-order valence-electron chi connectivity index (χ0n) is 16.1. The highest BCUT2D eigenvalue weighted by molar-refractivity contribution is 7.86. The number of hydrogen-bond acceptors (Lipinski definition) is 4. The molecule has 28 heavy (non-hydrogen) atoms. The van der Waals surface area contributed by atoms with Gasteiger partial charge in [-0.25, -0.2) is 13.2 Å². The number of carbonyl (C=O) groups excluding carboxylic acids is 1. The summed E-state index contributed by atoms with van der Waals surface area (Å²) in [5.41, 5.74) is -0.446. The molecule has 0 saturated carbocycles. The van der Waals surface area contributed by atoms with Crippen molar-refractivity contribution in [2.75, 3.05) is 44.6 Å². The maximum absolute atomic E-state index is 13.7. The van der Waals surface area contributed by atoms with Crippen molar-refractivity contribution in [3.05, 3.63) is 29.6 Å². The van der Waals surface area contributed by atoms with Gasteiger partial charge in [-0.1, -0.05) is 13.8 Å². The molecule has 0 bridgehead atoms. The van der Waals surface area contributed by atoms with Crippen molar-refractivity contribution >= 4 is 21.8 Å². The van der Waals surface area contributed by atoms with Gasteiger partial charge >= 0.3 is 0 Å². The average molecular weight is 422 g/mol. The molecule has 11 heteroatoms. The first-order valence-corrected chi connectivity index (χ1v) is 10.5. The van der Waals surface area contributed by atoms with Crippen molar-refractivity contribution in [1.29, 1.82) is 0 Å². The molecule has 1 atom stereocenters. The van der Waals surface area contributed by atoms with E-state index in [4.69, 9.17) is 0 Å². The molecule has 1 aromatic rings. The number of amides is 1. The Morgan fingerprint density at radius 3 is 2.21 bits per heavy atom. The van der Waals surface area contributed by atoms with E-state index >= 15 is 0 Å². The Morgan fingerprint density at radius 1 is 1.11 bits per heavy atom. The van der Waals surface area contributed by atoms with Gasteiger partial charge in [0.1, 0.15) is 0 Å². The Labute approximate surface area is 163 Å². The minimum Gasteiger partial charge on any atom is -0.322 e. The van der Waals surface area contributed by atoms with E-state index in [1.807, 2.05) is 0 Å². The summed E-state index contributed by atoms with van der Waals surface area (Å²) in [6.45, 7) is 6.93. The molecule has 158 valence electrons. The Morgan fingerprint density at radius 2 is 1.68 bits per heavy atom. The normalized spacial score (nSPS) is 17.7. The fraction of sp³-hybridized carbons (Fsp3) is 0.588. The van der Waals surface area contributed by atoms with Crippen LogP contribution >= 0.6 is 0 Å². The van der Waals surface area contributed by atoms with Crippen LogP contribution in [0.2, 0.25) is 0 Å². The van der Waals surface area contributed by atoms with Crippen LogP contribution in [0.3, 0.4) is 0 Å². The minimum absolute atomic E-state index is 0.218. The monoisotopic (exact) mass is 422 g/mol. The van der Waals surface area contributed by atoms with E-state index in [-0.39, 0.29) is 13.1 Å². The first-order chi connectivity index (χ1) is 13.1. The maximum Gasteiger partial charge on any atom is 0.282 e. The van der Waals surface area contributed by atoms with Gasteiger partial charge in [0.05, 0.1) is 11.7 Å². The molecule has 1 aromatic carbocycles. The van der Waals surface area contributed by atoms with Gasteiger partial charge in [0.25, 0.3) is 10.2 Å². The third kappa shape index (κ3) is 4.65. The first-order valence-electron chi connectivity index (χ1n) is 9.07. The van der Waals surface area contributed by atoms with Crippen LogP contribution in [0.5, 0.6) is 0 Å².